The van der Waals surface area contributed by atoms with Crippen molar-refractivity contribution in [1.29, 1.82) is 5.26 Å². The van der Waals surface area contributed by atoms with Gasteiger partial charge in [0, 0.05) is 15.8 Å². The Kier molecular flexibility index (Phi) is 3.83. The van der Waals surface area contributed by atoms with E-state index in [4.69, 9.17) is 17.3 Å². The molecule has 0 radical (unpaired) electrons. The number of aromatic amines is 1. The molecule has 7 nitrogen and oxygen atoms in total. The number of benzene rings is 1. The highest BCUT2D eigenvalue weighted by atomic mass is 35.5. The standard InChI is InChI=1S/C17H12ClN7S/c1-7-8(2)26-17(22-7)15-14(23-12(5-19)16(20)24-15)9-3-10-6-21-25-13(10)11(18)4-9/h3-4,6H,1-2H3,(H2,20,24)(H,21,25). The number of hydrogen-bond acceptors (Lipinski definition) is 7. The third-order valence-electron chi connectivity index (χ3n) is 4.03. The SMILES string of the molecule is Cc1nc(-c2nc(N)c(C#N)nc2-c2cc(Cl)c3[nH]ncc3c2)sc1C. The van der Waals surface area contributed by atoms with Crippen LogP contribution >= 0.6 is 22.9 Å². The van der Waals surface area contributed by atoms with Gasteiger partial charge in [0.25, 0.3) is 0 Å². The maximum absolute atomic E-state index is 9.31. The number of nitrogens with zero attached hydrogens (tertiary/aromatic N) is 5. The Morgan fingerprint density at radius 3 is 2.69 bits per heavy atom. The van der Waals surface area contributed by atoms with E-state index in [-0.39, 0.29) is 11.5 Å². The summed E-state index contributed by atoms with van der Waals surface area (Å²) in [6, 6.07) is 5.64. The number of aryl methyl sites for hydroxylation is 2. The summed E-state index contributed by atoms with van der Waals surface area (Å²) >= 11 is 7.87. The molecule has 4 rings (SSSR count). The fraction of sp³-hybridized carbons (Fsp3) is 0.118. The van der Waals surface area contributed by atoms with E-state index in [0.29, 0.717) is 27.0 Å². The van der Waals surface area contributed by atoms with Crippen LogP contribution < -0.4 is 5.73 Å². The van der Waals surface area contributed by atoms with Gasteiger partial charge in [0.15, 0.2) is 11.5 Å². The minimum Gasteiger partial charge on any atom is -0.381 e. The van der Waals surface area contributed by atoms with E-state index < -0.39 is 0 Å². The van der Waals surface area contributed by atoms with Crippen molar-refractivity contribution in [3.8, 4) is 28.0 Å². The van der Waals surface area contributed by atoms with Crippen LogP contribution in [0.4, 0.5) is 5.82 Å². The molecule has 0 aliphatic heterocycles. The van der Waals surface area contributed by atoms with Crippen LogP contribution in [0.2, 0.25) is 5.02 Å². The number of halogens is 1. The molecule has 4 aromatic rings. The van der Waals surface area contributed by atoms with Crippen molar-refractivity contribution in [1.82, 2.24) is 25.1 Å². The summed E-state index contributed by atoms with van der Waals surface area (Å²) in [7, 11) is 0. The average molecular weight is 382 g/mol. The summed E-state index contributed by atoms with van der Waals surface area (Å²) in [6.07, 6.45) is 1.68. The molecule has 0 amide bonds. The van der Waals surface area contributed by atoms with Crippen molar-refractivity contribution < 1.29 is 0 Å². The molecule has 0 unspecified atom stereocenters. The van der Waals surface area contributed by atoms with Crippen LogP contribution in [0, 0.1) is 25.2 Å². The maximum Gasteiger partial charge on any atom is 0.183 e. The zero-order chi connectivity index (χ0) is 18.4. The molecular weight excluding hydrogens is 370 g/mol. The third kappa shape index (κ3) is 2.58. The first kappa shape index (κ1) is 16.4. The number of nitrogens with two attached hydrogens (primary N) is 1. The number of anilines is 1. The van der Waals surface area contributed by atoms with Gasteiger partial charge in [-0.05, 0) is 26.0 Å². The molecule has 0 saturated carbocycles. The number of thiazole rings is 1. The highest BCUT2D eigenvalue weighted by molar-refractivity contribution is 7.15. The molecule has 0 fully saturated rings. The predicted molar refractivity (Wildman–Crippen MR) is 102 cm³/mol. The summed E-state index contributed by atoms with van der Waals surface area (Å²) < 4.78 is 0. The van der Waals surface area contributed by atoms with Crippen LogP contribution in [0.3, 0.4) is 0 Å². The Bertz CT molecular complexity index is 1180. The van der Waals surface area contributed by atoms with Crippen LogP contribution in [0.25, 0.3) is 32.9 Å². The first-order chi connectivity index (χ1) is 12.5. The zero-order valence-electron chi connectivity index (χ0n) is 13.8. The highest BCUT2D eigenvalue weighted by Crippen LogP contribution is 2.36. The van der Waals surface area contributed by atoms with Crippen molar-refractivity contribution in [3.05, 3.63) is 39.6 Å². The number of nitrogens with one attached hydrogen (secondary N) is 1. The number of nitrogen functional groups attached to an aromatic ring is 1. The number of H-pyrrole nitrogens is 1. The van der Waals surface area contributed by atoms with Crippen molar-refractivity contribution in [3.63, 3.8) is 0 Å². The number of hydrogen-bond donors (Lipinski definition) is 2. The minimum absolute atomic E-state index is 0.0668. The summed E-state index contributed by atoms with van der Waals surface area (Å²) in [4.78, 5) is 14.5. The first-order valence-electron chi connectivity index (χ1n) is 7.63. The largest absolute Gasteiger partial charge is 0.381 e. The predicted octanol–water partition coefficient (Wildman–Crippen LogP) is 3.87. The first-order valence-corrected chi connectivity index (χ1v) is 8.82. The molecule has 0 bridgehead atoms. The Hall–Kier alpha value is -3.02. The second-order valence-electron chi connectivity index (χ2n) is 5.72. The Morgan fingerprint density at radius 2 is 2.00 bits per heavy atom. The van der Waals surface area contributed by atoms with Gasteiger partial charge >= 0.3 is 0 Å². The third-order valence-corrected chi connectivity index (χ3v) is 5.41. The molecule has 3 heterocycles. The van der Waals surface area contributed by atoms with Gasteiger partial charge < -0.3 is 5.73 Å². The summed E-state index contributed by atoms with van der Waals surface area (Å²) in [5.41, 5.74) is 9.38. The normalized spacial score (nSPS) is 11.0. The van der Waals surface area contributed by atoms with Gasteiger partial charge in [-0.25, -0.2) is 15.0 Å². The lowest BCUT2D eigenvalue weighted by atomic mass is 10.1. The fourth-order valence-corrected chi connectivity index (χ4v) is 3.78. The van der Waals surface area contributed by atoms with Crippen LogP contribution in [0.15, 0.2) is 18.3 Å². The molecule has 3 N–H and O–H groups in total. The topological polar surface area (TPSA) is 117 Å². The smallest absolute Gasteiger partial charge is 0.183 e. The number of aromatic nitrogens is 5. The monoisotopic (exact) mass is 381 g/mol. The number of fused-ring (bicyclic) bond motifs is 1. The summed E-state index contributed by atoms with van der Waals surface area (Å²) in [5.74, 6) is 0.0762. The molecule has 3 aromatic heterocycles. The highest BCUT2D eigenvalue weighted by Gasteiger charge is 2.20. The van der Waals surface area contributed by atoms with Gasteiger partial charge in [-0.15, -0.1) is 11.3 Å². The fourth-order valence-electron chi connectivity index (χ4n) is 2.61. The van der Waals surface area contributed by atoms with E-state index >= 15 is 0 Å². The van der Waals surface area contributed by atoms with E-state index in [1.807, 2.05) is 26.0 Å². The van der Waals surface area contributed by atoms with Crippen LogP contribution in [-0.4, -0.2) is 25.1 Å². The lowest BCUT2D eigenvalue weighted by Crippen LogP contribution is -2.03. The number of nitriles is 1. The molecule has 0 spiro atoms. The van der Waals surface area contributed by atoms with Crippen molar-refractivity contribution in [2.24, 2.45) is 0 Å². The van der Waals surface area contributed by atoms with Crippen molar-refractivity contribution in [2.75, 3.05) is 5.73 Å². The Labute approximate surface area is 157 Å². The number of rotatable bonds is 2. The molecular formula is C17H12ClN7S. The summed E-state index contributed by atoms with van der Waals surface area (Å²) in [5, 5.41) is 18.2. The van der Waals surface area contributed by atoms with E-state index in [2.05, 4.69) is 25.1 Å². The zero-order valence-corrected chi connectivity index (χ0v) is 15.4. The van der Waals surface area contributed by atoms with Crippen molar-refractivity contribution in [2.45, 2.75) is 13.8 Å². The van der Waals surface area contributed by atoms with Gasteiger partial charge in [0.05, 0.1) is 22.4 Å². The molecule has 9 heteroatoms. The lowest BCUT2D eigenvalue weighted by Gasteiger charge is -2.09. The van der Waals surface area contributed by atoms with E-state index in [9.17, 15) is 5.26 Å². The molecule has 1 aromatic carbocycles. The van der Waals surface area contributed by atoms with Crippen LogP contribution in [0.1, 0.15) is 16.3 Å². The van der Waals surface area contributed by atoms with Crippen LogP contribution in [0.5, 0.6) is 0 Å². The van der Waals surface area contributed by atoms with Gasteiger partial charge in [-0.2, -0.15) is 10.4 Å². The quantitative estimate of drug-likeness (QED) is 0.544. The molecule has 128 valence electrons. The van der Waals surface area contributed by atoms with Crippen molar-refractivity contribution >= 4 is 39.7 Å². The molecule has 26 heavy (non-hydrogen) atoms. The molecule has 0 aliphatic rings. The van der Waals surface area contributed by atoms with E-state index in [0.717, 1.165) is 21.5 Å². The lowest BCUT2D eigenvalue weighted by molar-refractivity contribution is 1.12. The van der Waals surface area contributed by atoms with Gasteiger partial charge in [0.1, 0.15) is 22.5 Å². The maximum atomic E-state index is 9.31. The van der Waals surface area contributed by atoms with E-state index in [1.165, 1.54) is 11.3 Å². The van der Waals surface area contributed by atoms with Crippen LogP contribution in [-0.2, 0) is 0 Å². The Balaban J connectivity index is 2.03. The van der Waals surface area contributed by atoms with Gasteiger partial charge in [-0.3, -0.25) is 5.10 Å². The molecule has 0 aliphatic carbocycles. The van der Waals surface area contributed by atoms with Gasteiger partial charge in [-0.1, -0.05) is 11.6 Å². The molecule has 0 saturated heterocycles. The molecule has 0 atom stereocenters. The van der Waals surface area contributed by atoms with E-state index in [1.54, 1.807) is 12.3 Å². The summed E-state index contributed by atoms with van der Waals surface area (Å²) in [6.45, 7) is 3.93. The average Bonchev–Trinajstić information content (AvgIpc) is 3.22. The second-order valence-corrected chi connectivity index (χ2v) is 7.33. The minimum atomic E-state index is 0.0668. The second kappa shape index (κ2) is 6.05. The van der Waals surface area contributed by atoms with Gasteiger partial charge in [0.2, 0.25) is 0 Å². The Morgan fingerprint density at radius 1 is 1.19 bits per heavy atom.